The lowest BCUT2D eigenvalue weighted by molar-refractivity contribution is -0.118. The van der Waals surface area contributed by atoms with E-state index in [1.54, 1.807) is 7.11 Å². The Morgan fingerprint density at radius 2 is 2.14 bits per heavy atom. The molecule has 1 aromatic rings. The largest absolute Gasteiger partial charge is 0.496 e. The predicted octanol–water partition coefficient (Wildman–Crippen LogP) is 2.44. The predicted molar refractivity (Wildman–Crippen MR) is 57.0 cm³/mol. The Labute approximate surface area is 88.8 Å². The summed E-state index contributed by atoms with van der Waals surface area (Å²) in [6.45, 7) is 0. The summed E-state index contributed by atoms with van der Waals surface area (Å²) in [6, 6.07) is 7.52. The number of benzene rings is 1. The van der Waals surface area contributed by atoms with E-state index in [1.807, 2.05) is 24.3 Å². The summed E-state index contributed by atoms with van der Waals surface area (Å²) < 4.78 is 5.14. The Kier molecular flexibility index (Phi) is 4.47. The fourth-order valence-electron chi connectivity index (χ4n) is 1.26. The highest BCUT2D eigenvalue weighted by molar-refractivity contribution is 6.19. The lowest BCUT2D eigenvalue weighted by atomic mass is 10.1. The monoisotopic (exact) mass is 212 g/mol. The molecule has 0 spiro atoms. The minimum Gasteiger partial charge on any atom is -0.496 e. The van der Waals surface area contributed by atoms with Crippen LogP contribution < -0.4 is 4.74 Å². The molecule has 0 bridgehead atoms. The molecule has 76 valence electrons. The molecule has 0 aromatic heterocycles. The van der Waals surface area contributed by atoms with Crippen LogP contribution in [0.3, 0.4) is 0 Å². The maximum atomic E-state index is 11.3. The average molecular weight is 213 g/mol. The summed E-state index contributed by atoms with van der Waals surface area (Å²) in [5, 5.41) is 0. The molecule has 1 aromatic carbocycles. The van der Waals surface area contributed by atoms with Gasteiger partial charge in [0.25, 0.3) is 0 Å². The molecule has 0 N–H and O–H groups in total. The summed E-state index contributed by atoms with van der Waals surface area (Å²) in [4.78, 5) is 11.3. The van der Waals surface area contributed by atoms with Crippen molar-refractivity contribution in [2.45, 2.75) is 12.8 Å². The van der Waals surface area contributed by atoms with E-state index in [-0.39, 0.29) is 5.78 Å². The number of carbonyl (C=O) groups excluding carboxylic acids is 1. The summed E-state index contributed by atoms with van der Waals surface area (Å²) in [5.74, 6) is 1.29. The lowest BCUT2D eigenvalue weighted by Gasteiger charge is -2.06. The summed E-state index contributed by atoms with van der Waals surface area (Å²) in [5.41, 5.74) is 0.921. The molecular weight excluding hydrogens is 200 g/mol. The summed E-state index contributed by atoms with van der Waals surface area (Å²) >= 11 is 5.48. The van der Waals surface area contributed by atoms with Crippen molar-refractivity contribution >= 4 is 17.4 Å². The van der Waals surface area contributed by atoms with E-state index < -0.39 is 0 Å². The van der Waals surface area contributed by atoms with Gasteiger partial charge in [0.15, 0.2) is 0 Å². The van der Waals surface area contributed by atoms with Gasteiger partial charge in [-0.05, 0) is 6.07 Å². The van der Waals surface area contributed by atoms with Crippen LogP contribution in [0, 0.1) is 0 Å². The molecule has 0 saturated heterocycles. The molecule has 0 aliphatic heterocycles. The molecule has 2 nitrogen and oxygen atoms in total. The molecule has 0 amide bonds. The van der Waals surface area contributed by atoms with Crippen LogP contribution in [-0.2, 0) is 11.2 Å². The Hall–Kier alpha value is -1.02. The molecule has 3 heteroatoms. The van der Waals surface area contributed by atoms with Crippen LogP contribution in [0.15, 0.2) is 24.3 Å². The number of hydrogen-bond acceptors (Lipinski definition) is 2. The van der Waals surface area contributed by atoms with Gasteiger partial charge in [-0.15, -0.1) is 11.6 Å². The van der Waals surface area contributed by atoms with Crippen LogP contribution in [0.25, 0.3) is 0 Å². The van der Waals surface area contributed by atoms with E-state index in [0.29, 0.717) is 18.7 Å². The number of methoxy groups -OCH3 is 1. The van der Waals surface area contributed by atoms with Crippen LogP contribution in [-0.4, -0.2) is 18.8 Å². The van der Waals surface area contributed by atoms with Crippen LogP contribution in [0.5, 0.6) is 5.75 Å². The number of halogens is 1. The van der Waals surface area contributed by atoms with Crippen molar-refractivity contribution < 1.29 is 9.53 Å². The van der Waals surface area contributed by atoms with Gasteiger partial charge in [-0.1, -0.05) is 18.2 Å². The van der Waals surface area contributed by atoms with E-state index in [4.69, 9.17) is 16.3 Å². The maximum absolute atomic E-state index is 11.3. The average Bonchev–Trinajstić information content (AvgIpc) is 2.19. The van der Waals surface area contributed by atoms with Crippen molar-refractivity contribution in [2.24, 2.45) is 0 Å². The Bertz CT molecular complexity index is 310. The second kappa shape index (κ2) is 5.66. The molecule has 0 atom stereocenters. The van der Waals surface area contributed by atoms with Gasteiger partial charge in [0.2, 0.25) is 0 Å². The first kappa shape index (κ1) is 11.1. The molecule has 1 rings (SSSR count). The minimum absolute atomic E-state index is 0.143. The zero-order valence-corrected chi connectivity index (χ0v) is 8.88. The fraction of sp³-hybridized carbons (Fsp3) is 0.364. The zero-order chi connectivity index (χ0) is 10.4. The SMILES string of the molecule is COc1ccccc1CC(=O)CCCl. The molecule has 0 fully saturated rings. The Morgan fingerprint density at radius 3 is 2.79 bits per heavy atom. The highest BCUT2D eigenvalue weighted by Gasteiger charge is 2.06. The first-order valence-corrected chi connectivity index (χ1v) is 5.01. The second-order valence-corrected chi connectivity index (χ2v) is 3.34. The van der Waals surface area contributed by atoms with E-state index in [0.717, 1.165) is 11.3 Å². The normalized spacial score (nSPS) is 9.86. The number of alkyl halides is 1. The van der Waals surface area contributed by atoms with Crippen molar-refractivity contribution in [3.8, 4) is 5.75 Å². The minimum atomic E-state index is 0.143. The van der Waals surface area contributed by atoms with Crippen molar-refractivity contribution in [3.63, 3.8) is 0 Å². The zero-order valence-electron chi connectivity index (χ0n) is 8.13. The van der Waals surface area contributed by atoms with Gasteiger partial charge >= 0.3 is 0 Å². The van der Waals surface area contributed by atoms with E-state index in [9.17, 15) is 4.79 Å². The van der Waals surface area contributed by atoms with Crippen molar-refractivity contribution in [3.05, 3.63) is 29.8 Å². The standard InChI is InChI=1S/C11H13ClO2/c1-14-11-5-3-2-4-9(11)8-10(13)6-7-12/h2-5H,6-8H2,1H3. The van der Waals surface area contributed by atoms with E-state index in [1.165, 1.54) is 0 Å². The van der Waals surface area contributed by atoms with E-state index >= 15 is 0 Å². The highest BCUT2D eigenvalue weighted by Crippen LogP contribution is 2.18. The van der Waals surface area contributed by atoms with Gasteiger partial charge in [-0.2, -0.15) is 0 Å². The third-order valence-corrected chi connectivity index (χ3v) is 2.14. The molecule has 0 aliphatic rings. The van der Waals surface area contributed by atoms with Gasteiger partial charge in [-0.25, -0.2) is 0 Å². The molecular formula is C11H13ClO2. The summed E-state index contributed by atoms with van der Waals surface area (Å²) in [7, 11) is 1.60. The van der Waals surface area contributed by atoms with Crippen molar-refractivity contribution in [1.82, 2.24) is 0 Å². The Balaban J connectivity index is 2.70. The Morgan fingerprint density at radius 1 is 1.43 bits per heavy atom. The number of ether oxygens (including phenoxy) is 1. The van der Waals surface area contributed by atoms with Gasteiger partial charge in [-0.3, -0.25) is 4.79 Å². The molecule has 14 heavy (non-hydrogen) atoms. The van der Waals surface area contributed by atoms with Crippen LogP contribution in [0.1, 0.15) is 12.0 Å². The molecule has 0 saturated carbocycles. The van der Waals surface area contributed by atoms with Gasteiger partial charge in [0, 0.05) is 24.3 Å². The van der Waals surface area contributed by atoms with Gasteiger partial charge in [0.05, 0.1) is 7.11 Å². The molecule has 0 radical (unpaired) electrons. The number of para-hydroxylation sites is 1. The van der Waals surface area contributed by atoms with Gasteiger partial charge in [0.1, 0.15) is 11.5 Å². The highest BCUT2D eigenvalue weighted by atomic mass is 35.5. The molecule has 0 unspecified atom stereocenters. The van der Waals surface area contributed by atoms with Crippen LogP contribution in [0.4, 0.5) is 0 Å². The lowest BCUT2D eigenvalue weighted by Crippen LogP contribution is -2.04. The number of carbonyl (C=O) groups is 1. The van der Waals surface area contributed by atoms with Crippen molar-refractivity contribution in [1.29, 1.82) is 0 Å². The number of Topliss-reactive ketones (excluding diaryl/α,β-unsaturated/α-hetero) is 1. The molecule has 0 heterocycles. The quantitative estimate of drug-likeness (QED) is 0.701. The van der Waals surface area contributed by atoms with Crippen molar-refractivity contribution in [2.75, 3.05) is 13.0 Å². The fourth-order valence-corrected chi connectivity index (χ4v) is 1.47. The van der Waals surface area contributed by atoms with Gasteiger partial charge < -0.3 is 4.74 Å². The first-order chi connectivity index (χ1) is 6.77. The second-order valence-electron chi connectivity index (χ2n) is 2.97. The van der Waals surface area contributed by atoms with E-state index in [2.05, 4.69) is 0 Å². The van der Waals surface area contributed by atoms with Crippen LogP contribution >= 0.6 is 11.6 Å². The number of rotatable bonds is 5. The smallest absolute Gasteiger partial charge is 0.138 e. The first-order valence-electron chi connectivity index (χ1n) is 4.47. The molecule has 0 aliphatic carbocycles. The number of ketones is 1. The number of hydrogen-bond donors (Lipinski definition) is 0. The topological polar surface area (TPSA) is 26.3 Å². The summed E-state index contributed by atoms with van der Waals surface area (Å²) in [6.07, 6.45) is 0.816. The van der Waals surface area contributed by atoms with Crippen LogP contribution in [0.2, 0.25) is 0 Å². The third kappa shape index (κ3) is 3.04. The third-order valence-electron chi connectivity index (χ3n) is 1.95. The maximum Gasteiger partial charge on any atom is 0.138 e.